The van der Waals surface area contributed by atoms with E-state index < -0.39 is 0 Å². The number of carbonyl (C=O) groups is 1. The van der Waals surface area contributed by atoms with E-state index in [0.29, 0.717) is 5.69 Å². The van der Waals surface area contributed by atoms with Gasteiger partial charge >= 0.3 is 0 Å². The largest absolute Gasteiger partial charge is 0.396 e. The van der Waals surface area contributed by atoms with Gasteiger partial charge in [0.05, 0.1) is 11.9 Å². The lowest BCUT2D eigenvalue weighted by Gasteiger charge is -2.12. The van der Waals surface area contributed by atoms with Gasteiger partial charge in [-0.05, 0) is 13.2 Å². The summed E-state index contributed by atoms with van der Waals surface area (Å²) in [5.74, 6) is 0.868. The van der Waals surface area contributed by atoms with Gasteiger partial charge in [-0.2, -0.15) is 16.9 Å². The van der Waals surface area contributed by atoms with E-state index in [1.165, 1.54) is 10.9 Å². The lowest BCUT2D eigenvalue weighted by molar-refractivity contribution is -0.122. The molecule has 1 atom stereocenters. The molecular formula is C9H16N4OS. The molecule has 0 aliphatic heterocycles. The number of hydrogen-bond donors (Lipinski definition) is 2. The molecule has 84 valence electrons. The van der Waals surface area contributed by atoms with Crippen LogP contribution in [-0.4, -0.2) is 33.7 Å². The Hall–Kier alpha value is -1.17. The molecule has 1 aromatic heterocycles. The summed E-state index contributed by atoms with van der Waals surface area (Å²) in [6.07, 6.45) is 5.17. The molecule has 5 nitrogen and oxygen atoms in total. The van der Waals surface area contributed by atoms with Crippen LogP contribution in [0.1, 0.15) is 6.92 Å². The zero-order valence-corrected chi connectivity index (χ0v) is 9.75. The Kier molecular flexibility index (Phi) is 4.48. The molecule has 1 amide bonds. The summed E-state index contributed by atoms with van der Waals surface area (Å²) < 4.78 is 1.52. The molecule has 0 saturated heterocycles. The maximum atomic E-state index is 11.5. The average Bonchev–Trinajstić information content (AvgIpc) is 2.51. The van der Waals surface area contributed by atoms with Crippen LogP contribution in [0.5, 0.6) is 0 Å². The van der Waals surface area contributed by atoms with E-state index in [4.69, 9.17) is 5.73 Å². The van der Waals surface area contributed by atoms with Crippen molar-refractivity contribution in [3.8, 4) is 0 Å². The van der Waals surface area contributed by atoms with E-state index >= 15 is 0 Å². The fourth-order valence-electron chi connectivity index (χ4n) is 1.23. The van der Waals surface area contributed by atoms with Gasteiger partial charge in [0.25, 0.3) is 0 Å². The number of aromatic nitrogens is 2. The van der Waals surface area contributed by atoms with Gasteiger partial charge in [0.1, 0.15) is 6.54 Å². The third kappa shape index (κ3) is 4.24. The highest BCUT2D eigenvalue weighted by Gasteiger charge is 2.07. The molecular weight excluding hydrogens is 212 g/mol. The molecule has 0 saturated carbocycles. The van der Waals surface area contributed by atoms with Gasteiger partial charge in [-0.3, -0.25) is 9.48 Å². The molecule has 0 fully saturated rings. The molecule has 0 spiro atoms. The van der Waals surface area contributed by atoms with Gasteiger partial charge < -0.3 is 11.1 Å². The van der Waals surface area contributed by atoms with Gasteiger partial charge in [0.15, 0.2) is 0 Å². The molecule has 6 heteroatoms. The number of nitrogens with one attached hydrogen (secondary N) is 1. The van der Waals surface area contributed by atoms with Crippen molar-refractivity contribution in [1.29, 1.82) is 0 Å². The second kappa shape index (κ2) is 5.65. The van der Waals surface area contributed by atoms with Crippen LogP contribution in [0.4, 0.5) is 5.69 Å². The maximum Gasteiger partial charge on any atom is 0.241 e. The summed E-state index contributed by atoms with van der Waals surface area (Å²) in [5.41, 5.74) is 6.05. The molecule has 1 rings (SSSR count). The Morgan fingerprint density at radius 2 is 2.53 bits per heavy atom. The van der Waals surface area contributed by atoms with Crippen molar-refractivity contribution >= 4 is 23.4 Å². The normalized spacial score (nSPS) is 12.4. The second-order valence-corrected chi connectivity index (χ2v) is 4.31. The van der Waals surface area contributed by atoms with Crippen LogP contribution >= 0.6 is 11.8 Å². The smallest absolute Gasteiger partial charge is 0.241 e. The summed E-state index contributed by atoms with van der Waals surface area (Å²) >= 11 is 1.70. The van der Waals surface area contributed by atoms with Gasteiger partial charge in [-0.15, -0.1) is 0 Å². The number of nitrogen functional groups attached to an aromatic ring is 1. The number of hydrogen-bond acceptors (Lipinski definition) is 4. The number of nitrogens with two attached hydrogens (primary N) is 1. The molecule has 0 bridgehead atoms. The van der Waals surface area contributed by atoms with Gasteiger partial charge in [-0.1, -0.05) is 0 Å². The number of amides is 1. The molecule has 0 aromatic carbocycles. The average molecular weight is 228 g/mol. The number of nitrogens with zero attached hydrogens (tertiary/aromatic N) is 2. The van der Waals surface area contributed by atoms with E-state index in [-0.39, 0.29) is 18.5 Å². The van der Waals surface area contributed by atoms with E-state index in [1.54, 1.807) is 18.0 Å². The van der Waals surface area contributed by atoms with Gasteiger partial charge in [0.2, 0.25) is 5.91 Å². The molecule has 1 heterocycles. The molecule has 15 heavy (non-hydrogen) atoms. The minimum absolute atomic E-state index is 0.0420. The Labute approximate surface area is 93.4 Å². The summed E-state index contributed by atoms with van der Waals surface area (Å²) in [7, 11) is 0. The predicted molar refractivity (Wildman–Crippen MR) is 62.6 cm³/mol. The SMILES string of the molecule is CSCC(C)NC(=O)Cn1cc(N)cn1. The first-order chi connectivity index (χ1) is 7.11. The molecule has 3 N–H and O–H groups in total. The van der Waals surface area contributed by atoms with Crippen LogP contribution in [0.15, 0.2) is 12.4 Å². The Balaban J connectivity index is 2.36. The predicted octanol–water partition coefficient (Wildman–Crippen LogP) is 0.333. The summed E-state index contributed by atoms with van der Waals surface area (Å²) in [6, 6.07) is 0.181. The fraction of sp³-hybridized carbons (Fsp3) is 0.556. The zero-order chi connectivity index (χ0) is 11.3. The van der Waals surface area contributed by atoms with Crippen LogP contribution in [0.2, 0.25) is 0 Å². The lowest BCUT2D eigenvalue weighted by Crippen LogP contribution is -2.36. The van der Waals surface area contributed by atoms with Gasteiger partial charge in [0, 0.05) is 18.0 Å². The molecule has 0 aliphatic rings. The summed E-state index contributed by atoms with van der Waals surface area (Å²) in [5, 5.41) is 6.81. The van der Waals surface area contributed by atoms with Crippen molar-refractivity contribution < 1.29 is 4.79 Å². The maximum absolute atomic E-state index is 11.5. The van der Waals surface area contributed by atoms with Crippen LogP contribution in [-0.2, 0) is 11.3 Å². The van der Waals surface area contributed by atoms with Crippen LogP contribution in [0.3, 0.4) is 0 Å². The standard InChI is InChI=1S/C9H16N4OS/c1-7(6-15-2)12-9(14)5-13-4-8(10)3-11-13/h3-4,7H,5-6,10H2,1-2H3,(H,12,14). The topological polar surface area (TPSA) is 72.9 Å². The third-order valence-corrected chi connectivity index (χ3v) is 2.62. The highest BCUT2D eigenvalue weighted by Crippen LogP contribution is 1.98. The van der Waals surface area contributed by atoms with E-state index in [9.17, 15) is 4.79 Å². The highest BCUT2D eigenvalue weighted by molar-refractivity contribution is 7.98. The van der Waals surface area contributed by atoms with Crippen molar-refractivity contribution in [1.82, 2.24) is 15.1 Å². The Morgan fingerprint density at radius 3 is 3.07 bits per heavy atom. The molecule has 0 radical (unpaired) electrons. The Morgan fingerprint density at radius 1 is 1.80 bits per heavy atom. The second-order valence-electron chi connectivity index (χ2n) is 3.40. The summed E-state index contributed by atoms with van der Waals surface area (Å²) in [4.78, 5) is 11.5. The lowest BCUT2D eigenvalue weighted by atomic mass is 10.4. The highest BCUT2D eigenvalue weighted by atomic mass is 32.2. The monoisotopic (exact) mass is 228 g/mol. The van der Waals surface area contributed by atoms with Crippen LogP contribution in [0.25, 0.3) is 0 Å². The van der Waals surface area contributed by atoms with E-state index in [1.807, 2.05) is 13.2 Å². The van der Waals surface area contributed by atoms with Crippen molar-refractivity contribution in [2.45, 2.75) is 19.5 Å². The number of thioether (sulfide) groups is 1. The zero-order valence-electron chi connectivity index (χ0n) is 8.93. The first kappa shape index (κ1) is 11.9. The van der Waals surface area contributed by atoms with Crippen molar-refractivity contribution in [3.05, 3.63) is 12.4 Å². The first-order valence-electron chi connectivity index (χ1n) is 4.68. The molecule has 1 aromatic rings. The third-order valence-electron chi connectivity index (χ3n) is 1.78. The first-order valence-corrected chi connectivity index (χ1v) is 6.07. The minimum Gasteiger partial charge on any atom is -0.396 e. The number of rotatable bonds is 5. The van der Waals surface area contributed by atoms with Crippen molar-refractivity contribution in [3.63, 3.8) is 0 Å². The quantitative estimate of drug-likeness (QED) is 0.762. The minimum atomic E-state index is -0.0420. The number of carbonyl (C=O) groups excluding carboxylic acids is 1. The molecule has 0 aliphatic carbocycles. The Bertz CT molecular complexity index is 326. The fourth-order valence-corrected chi connectivity index (χ4v) is 1.81. The van der Waals surface area contributed by atoms with Crippen molar-refractivity contribution in [2.24, 2.45) is 0 Å². The number of anilines is 1. The van der Waals surface area contributed by atoms with Crippen LogP contribution in [0, 0.1) is 0 Å². The van der Waals surface area contributed by atoms with Crippen molar-refractivity contribution in [2.75, 3.05) is 17.7 Å². The van der Waals surface area contributed by atoms with Crippen LogP contribution < -0.4 is 11.1 Å². The van der Waals surface area contributed by atoms with E-state index in [0.717, 1.165) is 5.75 Å². The van der Waals surface area contributed by atoms with E-state index in [2.05, 4.69) is 10.4 Å². The van der Waals surface area contributed by atoms with Gasteiger partial charge in [-0.25, -0.2) is 0 Å². The molecule has 1 unspecified atom stereocenters. The summed E-state index contributed by atoms with van der Waals surface area (Å²) in [6.45, 7) is 2.20.